The molecule has 0 unspecified atom stereocenters. The molecular weight excluding hydrogens is 213 g/mol. The van der Waals surface area contributed by atoms with Gasteiger partial charge in [0.15, 0.2) is 0 Å². The van der Waals surface area contributed by atoms with Crippen molar-refractivity contribution < 1.29 is 19.1 Å². The number of halogens is 1. The number of rotatable bonds is 2. The minimum absolute atomic E-state index is 0.342. The van der Waals surface area contributed by atoms with E-state index in [0.717, 1.165) is 0 Å². The first-order chi connectivity index (χ1) is 7.59. The summed E-state index contributed by atoms with van der Waals surface area (Å²) in [7, 11) is 0. The van der Waals surface area contributed by atoms with Gasteiger partial charge in [-0.3, -0.25) is 0 Å². The van der Waals surface area contributed by atoms with Gasteiger partial charge in [0.2, 0.25) is 6.10 Å². The lowest BCUT2D eigenvalue weighted by Crippen LogP contribution is -2.29. The molecule has 1 aromatic rings. The van der Waals surface area contributed by atoms with E-state index < -0.39 is 12.1 Å². The fraction of sp³-hybridized carbons (Fsp3) is 0.273. The Kier molecular flexibility index (Phi) is 2.60. The molecule has 2 atom stereocenters. The van der Waals surface area contributed by atoms with Gasteiger partial charge in [-0.25, -0.2) is 9.18 Å². The molecular formula is C11H10FNO3. The number of carboxylic acids is 1. The summed E-state index contributed by atoms with van der Waals surface area (Å²) in [6.45, 7) is 1.72. The third-order valence-electron chi connectivity index (χ3n) is 2.53. The van der Waals surface area contributed by atoms with E-state index in [0.29, 0.717) is 11.3 Å². The number of carboxylic acid groups (broad SMARTS) is 1. The number of oxime groups is 1. The van der Waals surface area contributed by atoms with Crippen LogP contribution in [-0.4, -0.2) is 22.9 Å². The Hall–Kier alpha value is -1.91. The number of aliphatic carboxylic acids is 1. The number of hydrogen-bond donors (Lipinski definition) is 1. The van der Waals surface area contributed by atoms with Gasteiger partial charge in [0.1, 0.15) is 5.82 Å². The maximum Gasteiger partial charge on any atom is 0.348 e. The smallest absolute Gasteiger partial charge is 0.348 e. The first-order valence-electron chi connectivity index (χ1n) is 4.82. The highest BCUT2D eigenvalue weighted by atomic mass is 19.1. The summed E-state index contributed by atoms with van der Waals surface area (Å²) >= 11 is 0. The SMILES string of the molecule is C[C@H]1C(c2ccc(F)cc2)=NO[C@@H]1C(=O)O. The van der Waals surface area contributed by atoms with Crippen LogP contribution in [-0.2, 0) is 9.63 Å². The van der Waals surface area contributed by atoms with Crippen molar-refractivity contribution in [2.45, 2.75) is 13.0 Å². The van der Waals surface area contributed by atoms with E-state index in [2.05, 4.69) is 5.16 Å². The molecule has 1 aromatic carbocycles. The van der Waals surface area contributed by atoms with E-state index in [4.69, 9.17) is 9.94 Å². The van der Waals surface area contributed by atoms with E-state index in [1.54, 1.807) is 19.1 Å². The monoisotopic (exact) mass is 223 g/mol. The molecule has 1 heterocycles. The molecule has 0 aromatic heterocycles. The largest absolute Gasteiger partial charge is 0.478 e. The van der Waals surface area contributed by atoms with Crippen molar-refractivity contribution in [1.29, 1.82) is 0 Å². The van der Waals surface area contributed by atoms with Crippen LogP contribution in [0.1, 0.15) is 12.5 Å². The molecule has 1 aliphatic heterocycles. The Bertz CT molecular complexity index is 441. The van der Waals surface area contributed by atoms with Gasteiger partial charge in [0, 0.05) is 0 Å². The summed E-state index contributed by atoms with van der Waals surface area (Å²) < 4.78 is 12.7. The van der Waals surface area contributed by atoms with Crippen LogP contribution in [0.2, 0.25) is 0 Å². The number of nitrogens with zero attached hydrogens (tertiary/aromatic N) is 1. The van der Waals surface area contributed by atoms with Crippen molar-refractivity contribution in [2.75, 3.05) is 0 Å². The zero-order valence-corrected chi connectivity index (χ0v) is 8.55. The Morgan fingerprint density at radius 1 is 1.44 bits per heavy atom. The first kappa shape index (κ1) is 10.6. The highest BCUT2D eigenvalue weighted by Gasteiger charge is 2.36. The van der Waals surface area contributed by atoms with E-state index in [1.807, 2.05) is 0 Å². The second-order valence-corrected chi connectivity index (χ2v) is 3.64. The summed E-state index contributed by atoms with van der Waals surface area (Å²) in [6.07, 6.45) is -0.958. The predicted octanol–water partition coefficient (Wildman–Crippen LogP) is 1.65. The third kappa shape index (κ3) is 1.76. The Labute approximate surface area is 91.3 Å². The van der Waals surface area contributed by atoms with Crippen LogP contribution in [0.4, 0.5) is 4.39 Å². The molecule has 0 spiro atoms. The molecule has 0 radical (unpaired) electrons. The minimum atomic E-state index is -1.05. The highest BCUT2D eigenvalue weighted by Crippen LogP contribution is 2.23. The highest BCUT2D eigenvalue weighted by molar-refractivity contribution is 6.04. The molecule has 0 aliphatic carbocycles. The number of carbonyl (C=O) groups is 1. The van der Waals surface area contributed by atoms with Gasteiger partial charge in [0.25, 0.3) is 0 Å². The van der Waals surface area contributed by atoms with Gasteiger partial charge in [-0.1, -0.05) is 24.2 Å². The third-order valence-corrected chi connectivity index (χ3v) is 2.53. The quantitative estimate of drug-likeness (QED) is 0.829. The van der Waals surface area contributed by atoms with Crippen LogP contribution in [0.15, 0.2) is 29.4 Å². The van der Waals surface area contributed by atoms with Crippen molar-refractivity contribution in [2.24, 2.45) is 11.1 Å². The average molecular weight is 223 g/mol. The summed E-state index contributed by atoms with van der Waals surface area (Å²) in [5.74, 6) is -1.73. The molecule has 0 saturated heterocycles. The molecule has 2 rings (SSSR count). The molecule has 0 fully saturated rings. The minimum Gasteiger partial charge on any atom is -0.478 e. The zero-order chi connectivity index (χ0) is 11.7. The lowest BCUT2D eigenvalue weighted by Gasteiger charge is -2.09. The van der Waals surface area contributed by atoms with E-state index in [9.17, 15) is 9.18 Å². The van der Waals surface area contributed by atoms with Crippen LogP contribution in [0.25, 0.3) is 0 Å². The summed E-state index contributed by atoms with van der Waals surface area (Å²) in [5.41, 5.74) is 1.21. The fourth-order valence-electron chi connectivity index (χ4n) is 1.63. The van der Waals surface area contributed by atoms with Gasteiger partial charge in [-0.2, -0.15) is 0 Å². The summed E-state index contributed by atoms with van der Waals surface area (Å²) in [5, 5.41) is 12.6. The first-order valence-corrected chi connectivity index (χ1v) is 4.82. The lowest BCUT2D eigenvalue weighted by atomic mass is 9.94. The topological polar surface area (TPSA) is 58.9 Å². The van der Waals surface area contributed by atoms with E-state index >= 15 is 0 Å². The standard InChI is InChI=1S/C11H10FNO3/c1-6-9(13-16-10(6)11(14)15)7-2-4-8(12)5-3-7/h2-6,10H,1H3,(H,14,15)/t6-,10-/m0/s1. The van der Waals surface area contributed by atoms with Crippen LogP contribution in [0, 0.1) is 11.7 Å². The van der Waals surface area contributed by atoms with Gasteiger partial charge in [-0.05, 0) is 17.7 Å². The van der Waals surface area contributed by atoms with Crippen molar-refractivity contribution >= 4 is 11.7 Å². The molecule has 5 heteroatoms. The lowest BCUT2D eigenvalue weighted by molar-refractivity contribution is -0.150. The molecule has 4 nitrogen and oxygen atoms in total. The Balaban J connectivity index is 2.24. The van der Waals surface area contributed by atoms with Gasteiger partial charge in [-0.15, -0.1) is 0 Å². The molecule has 0 saturated carbocycles. The summed E-state index contributed by atoms with van der Waals surface area (Å²) in [4.78, 5) is 15.6. The number of hydrogen-bond acceptors (Lipinski definition) is 3. The van der Waals surface area contributed by atoms with Crippen LogP contribution in [0.3, 0.4) is 0 Å². The molecule has 16 heavy (non-hydrogen) atoms. The van der Waals surface area contributed by atoms with E-state index in [1.165, 1.54) is 12.1 Å². The maximum absolute atomic E-state index is 12.7. The normalized spacial score (nSPS) is 23.8. The average Bonchev–Trinajstić information content (AvgIpc) is 2.61. The molecule has 0 bridgehead atoms. The van der Waals surface area contributed by atoms with Crippen LogP contribution in [0.5, 0.6) is 0 Å². The van der Waals surface area contributed by atoms with Crippen molar-refractivity contribution in [3.05, 3.63) is 35.6 Å². The van der Waals surface area contributed by atoms with Crippen molar-refractivity contribution in [3.8, 4) is 0 Å². The molecule has 84 valence electrons. The molecule has 0 amide bonds. The Morgan fingerprint density at radius 2 is 2.06 bits per heavy atom. The zero-order valence-electron chi connectivity index (χ0n) is 8.55. The van der Waals surface area contributed by atoms with Crippen molar-refractivity contribution in [3.63, 3.8) is 0 Å². The summed E-state index contributed by atoms with van der Waals surface area (Å²) in [6, 6.07) is 5.72. The fourth-order valence-corrected chi connectivity index (χ4v) is 1.63. The van der Waals surface area contributed by atoms with Crippen LogP contribution < -0.4 is 0 Å². The Morgan fingerprint density at radius 3 is 2.56 bits per heavy atom. The second kappa shape index (κ2) is 3.92. The van der Waals surface area contributed by atoms with E-state index in [-0.39, 0.29) is 11.7 Å². The van der Waals surface area contributed by atoms with Crippen molar-refractivity contribution in [1.82, 2.24) is 0 Å². The van der Waals surface area contributed by atoms with Gasteiger partial charge >= 0.3 is 5.97 Å². The maximum atomic E-state index is 12.7. The number of benzene rings is 1. The molecule has 1 aliphatic rings. The van der Waals surface area contributed by atoms with Gasteiger partial charge < -0.3 is 9.94 Å². The second-order valence-electron chi connectivity index (χ2n) is 3.64. The molecule has 1 N–H and O–H groups in total. The van der Waals surface area contributed by atoms with Gasteiger partial charge in [0.05, 0.1) is 11.6 Å². The predicted molar refractivity (Wildman–Crippen MR) is 54.6 cm³/mol. The van der Waals surface area contributed by atoms with Crippen LogP contribution >= 0.6 is 0 Å².